The third kappa shape index (κ3) is 6.67. The largest absolute Gasteiger partial charge is 0.489 e. The number of alkyl halides is 3. The van der Waals surface area contributed by atoms with E-state index in [0.717, 1.165) is 0 Å². The van der Waals surface area contributed by atoms with Crippen LogP contribution in [0.25, 0.3) is 0 Å². The summed E-state index contributed by atoms with van der Waals surface area (Å²) in [7, 11) is -3.54. The highest BCUT2D eigenvalue weighted by Crippen LogP contribution is 2.57. The van der Waals surface area contributed by atoms with Crippen LogP contribution >= 0.6 is 0 Å². The summed E-state index contributed by atoms with van der Waals surface area (Å²) in [6.07, 6.45) is -3.42. The van der Waals surface area contributed by atoms with Gasteiger partial charge < -0.3 is 15.8 Å². The Bertz CT molecular complexity index is 879. The van der Waals surface area contributed by atoms with Gasteiger partial charge >= 0.3 is 6.18 Å². The molecule has 174 valence electrons. The van der Waals surface area contributed by atoms with Crippen molar-refractivity contribution >= 4 is 15.7 Å². The molecular formula is C20H26F4N2O4S. The molecule has 0 bridgehead atoms. The average molecular weight is 466 g/mol. The number of unbranched alkanes of at least 4 members (excludes halogenated alkanes) is 2. The SMILES string of the molecule is NC/C(=C\F)COc1ccc(S(=O)(=O)CCCCCNC(=O)C2(C(F)(F)F)CC2)cc1. The number of benzene rings is 1. The minimum absolute atomic E-state index is 0.00977. The van der Waals surface area contributed by atoms with E-state index in [0.29, 0.717) is 31.3 Å². The first kappa shape index (κ1) is 25.1. The fourth-order valence-corrected chi connectivity index (χ4v) is 4.27. The van der Waals surface area contributed by atoms with E-state index in [4.69, 9.17) is 10.5 Å². The third-order valence-electron chi connectivity index (χ3n) is 5.13. The van der Waals surface area contributed by atoms with Crippen LogP contribution in [0.4, 0.5) is 17.6 Å². The summed E-state index contributed by atoms with van der Waals surface area (Å²) in [5.74, 6) is -0.763. The Morgan fingerprint density at radius 2 is 1.81 bits per heavy atom. The Labute approximate surface area is 178 Å². The molecule has 0 aliphatic heterocycles. The molecule has 0 unspecified atom stereocenters. The van der Waals surface area contributed by atoms with Crippen LogP contribution in [0.2, 0.25) is 0 Å². The second-order valence-electron chi connectivity index (χ2n) is 7.45. The van der Waals surface area contributed by atoms with Gasteiger partial charge in [-0.1, -0.05) is 6.42 Å². The Morgan fingerprint density at radius 1 is 1.16 bits per heavy atom. The molecule has 0 atom stereocenters. The van der Waals surface area contributed by atoms with Crippen molar-refractivity contribution in [2.45, 2.75) is 43.2 Å². The lowest BCUT2D eigenvalue weighted by Crippen LogP contribution is -2.41. The monoisotopic (exact) mass is 466 g/mol. The van der Waals surface area contributed by atoms with Gasteiger partial charge in [0.1, 0.15) is 17.8 Å². The average Bonchev–Trinajstić information content (AvgIpc) is 3.54. The van der Waals surface area contributed by atoms with Crippen LogP contribution < -0.4 is 15.8 Å². The zero-order chi connectivity index (χ0) is 23.1. The van der Waals surface area contributed by atoms with E-state index < -0.39 is 27.3 Å². The molecule has 11 heteroatoms. The predicted octanol–water partition coefficient (Wildman–Crippen LogP) is 3.28. The van der Waals surface area contributed by atoms with Crippen molar-refractivity contribution in [2.75, 3.05) is 25.4 Å². The highest BCUT2D eigenvalue weighted by atomic mass is 32.2. The Morgan fingerprint density at radius 3 is 2.32 bits per heavy atom. The topological polar surface area (TPSA) is 98.5 Å². The van der Waals surface area contributed by atoms with Crippen molar-refractivity contribution in [3.05, 3.63) is 36.2 Å². The predicted molar refractivity (Wildman–Crippen MR) is 107 cm³/mol. The fraction of sp³-hybridized carbons (Fsp3) is 0.550. The molecule has 1 aliphatic rings. The van der Waals surface area contributed by atoms with E-state index >= 15 is 0 Å². The Balaban J connectivity index is 1.71. The standard InChI is InChI=1S/C20H26F4N2O4S/c21-12-15(13-25)14-30-16-4-6-17(7-5-16)31(28,29)11-3-1-2-10-26-18(27)19(8-9-19)20(22,23)24/h4-7,12H,1-3,8-11,13-14,25H2,(H,26,27)/b15-12+. The second kappa shape index (κ2) is 10.4. The summed E-state index contributed by atoms with van der Waals surface area (Å²) in [6.45, 7) is 0.0381. The molecule has 0 saturated heterocycles. The van der Waals surface area contributed by atoms with E-state index in [2.05, 4.69) is 5.32 Å². The fourth-order valence-electron chi connectivity index (χ4n) is 2.90. The van der Waals surface area contributed by atoms with Gasteiger partial charge in [-0.05, 0) is 49.9 Å². The highest BCUT2D eigenvalue weighted by Gasteiger charge is 2.68. The molecule has 1 saturated carbocycles. The van der Waals surface area contributed by atoms with E-state index in [1.54, 1.807) is 0 Å². The van der Waals surface area contributed by atoms with E-state index in [-0.39, 0.29) is 48.8 Å². The van der Waals surface area contributed by atoms with Crippen LogP contribution in [-0.4, -0.2) is 46.0 Å². The first-order valence-corrected chi connectivity index (χ1v) is 11.5. The number of carbonyl (C=O) groups is 1. The second-order valence-corrected chi connectivity index (χ2v) is 9.56. The summed E-state index contributed by atoms with van der Waals surface area (Å²) in [5, 5.41) is 2.30. The molecule has 3 N–H and O–H groups in total. The number of sulfone groups is 1. The number of hydrogen-bond acceptors (Lipinski definition) is 5. The molecule has 0 heterocycles. The molecule has 1 aromatic carbocycles. The van der Waals surface area contributed by atoms with Crippen molar-refractivity contribution in [1.82, 2.24) is 5.32 Å². The molecule has 1 aliphatic carbocycles. The summed E-state index contributed by atoms with van der Waals surface area (Å²) in [4.78, 5) is 11.8. The van der Waals surface area contributed by atoms with Gasteiger partial charge in [-0.25, -0.2) is 12.8 Å². The minimum Gasteiger partial charge on any atom is -0.489 e. The molecule has 1 fully saturated rings. The van der Waals surface area contributed by atoms with Crippen molar-refractivity contribution in [1.29, 1.82) is 0 Å². The molecule has 0 aromatic heterocycles. The van der Waals surface area contributed by atoms with E-state index in [1.807, 2.05) is 0 Å². The first-order valence-electron chi connectivity index (χ1n) is 9.84. The Hall–Kier alpha value is -2.14. The number of halogens is 4. The molecular weight excluding hydrogens is 440 g/mol. The van der Waals surface area contributed by atoms with Gasteiger partial charge in [-0.3, -0.25) is 4.79 Å². The van der Waals surface area contributed by atoms with Gasteiger partial charge in [-0.2, -0.15) is 13.2 Å². The van der Waals surface area contributed by atoms with Crippen molar-refractivity contribution in [3.8, 4) is 5.75 Å². The lowest BCUT2D eigenvalue weighted by Gasteiger charge is -2.18. The van der Waals surface area contributed by atoms with E-state index in [1.165, 1.54) is 24.3 Å². The lowest BCUT2D eigenvalue weighted by molar-refractivity contribution is -0.192. The van der Waals surface area contributed by atoms with Gasteiger partial charge in [0.15, 0.2) is 9.84 Å². The summed E-state index contributed by atoms with van der Waals surface area (Å²) < 4.78 is 81.1. The van der Waals surface area contributed by atoms with Crippen LogP contribution in [0.5, 0.6) is 5.75 Å². The van der Waals surface area contributed by atoms with Gasteiger partial charge in [0, 0.05) is 18.7 Å². The minimum atomic E-state index is -4.54. The molecule has 6 nitrogen and oxygen atoms in total. The number of ether oxygens (including phenoxy) is 1. The molecule has 0 radical (unpaired) electrons. The van der Waals surface area contributed by atoms with Crippen molar-refractivity contribution in [2.24, 2.45) is 11.1 Å². The lowest BCUT2D eigenvalue weighted by atomic mass is 10.1. The number of nitrogens with two attached hydrogens (primary N) is 1. The van der Waals surface area contributed by atoms with Gasteiger partial charge in [0.2, 0.25) is 5.91 Å². The third-order valence-corrected chi connectivity index (χ3v) is 6.94. The smallest absolute Gasteiger partial charge is 0.403 e. The quantitative estimate of drug-likeness (QED) is 0.364. The Kier molecular flexibility index (Phi) is 8.47. The zero-order valence-electron chi connectivity index (χ0n) is 16.9. The summed E-state index contributed by atoms with van der Waals surface area (Å²) in [6, 6.07) is 5.70. The van der Waals surface area contributed by atoms with Crippen LogP contribution in [-0.2, 0) is 14.6 Å². The van der Waals surface area contributed by atoms with Crippen LogP contribution in [0.3, 0.4) is 0 Å². The molecule has 2 rings (SSSR count). The molecule has 1 amide bonds. The van der Waals surface area contributed by atoms with Crippen molar-refractivity contribution in [3.63, 3.8) is 0 Å². The van der Waals surface area contributed by atoms with E-state index in [9.17, 15) is 30.8 Å². The first-order chi connectivity index (χ1) is 14.6. The molecule has 1 aromatic rings. The highest BCUT2D eigenvalue weighted by molar-refractivity contribution is 7.91. The maximum atomic E-state index is 12.8. The number of rotatable bonds is 12. The van der Waals surface area contributed by atoms with Crippen molar-refractivity contribution < 1.29 is 35.5 Å². The molecule has 0 spiro atoms. The van der Waals surface area contributed by atoms with Crippen LogP contribution in [0.1, 0.15) is 32.1 Å². The zero-order valence-corrected chi connectivity index (χ0v) is 17.7. The number of nitrogens with one attached hydrogen (secondary N) is 1. The summed E-state index contributed by atoms with van der Waals surface area (Å²) >= 11 is 0. The van der Waals surface area contributed by atoms with Gasteiger partial charge in [0.25, 0.3) is 0 Å². The normalized spacial score (nSPS) is 16.1. The number of amides is 1. The number of carbonyl (C=O) groups excluding carboxylic acids is 1. The summed E-state index contributed by atoms with van der Waals surface area (Å²) in [5.41, 5.74) is 3.35. The maximum Gasteiger partial charge on any atom is 0.403 e. The number of hydrogen-bond donors (Lipinski definition) is 2. The van der Waals surface area contributed by atoms with Gasteiger partial charge in [-0.15, -0.1) is 0 Å². The molecule has 31 heavy (non-hydrogen) atoms. The maximum absolute atomic E-state index is 12.8. The van der Waals surface area contributed by atoms with Crippen LogP contribution in [0.15, 0.2) is 41.1 Å². The van der Waals surface area contributed by atoms with Gasteiger partial charge in [0.05, 0.1) is 17.0 Å². The van der Waals surface area contributed by atoms with Crippen LogP contribution in [0, 0.1) is 5.41 Å².